The normalized spacial score (nSPS) is 15.1. The van der Waals surface area contributed by atoms with Crippen LogP contribution in [0.1, 0.15) is 101 Å². The molecule has 3 aromatic carbocycles. The average molecular weight is 525 g/mol. The molecule has 0 amide bonds. The highest BCUT2D eigenvalue weighted by Gasteiger charge is 2.31. The number of carbonyl (C=O) groups excluding carboxylic acids is 1. The molecule has 39 heavy (non-hydrogen) atoms. The van der Waals surface area contributed by atoms with Gasteiger partial charge in [0.15, 0.2) is 0 Å². The molecule has 0 fully saturated rings. The molecule has 1 unspecified atom stereocenters. The summed E-state index contributed by atoms with van der Waals surface area (Å²) >= 11 is 0. The maximum Gasteiger partial charge on any atom is 0.318 e. The van der Waals surface area contributed by atoms with Crippen LogP contribution < -0.4 is 4.74 Å². The maximum atomic E-state index is 11.5. The molecule has 0 bridgehead atoms. The SMILES string of the molecule is CCCCC1C(=O)Oc2ccccc21.Cc1ccc(-c2coc3c(C(C)(C)C)cc(C(C)(C)C)cc23)cc1C. The highest BCUT2D eigenvalue weighted by atomic mass is 16.5. The van der Waals surface area contributed by atoms with E-state index < -0.39 is 0 Å². The van der Waals surface area contributed by atoms with Gasteiger partial charge in [-0.1, -0.05) is 104 Å². The Morgan fingerprint density at radius 1 is 0.846 bits per heavy atom. The van der Waals surface area contributed by atoms with E-state index in [4.69, 9.17) is 9.15 Å². The summed E-state index contributed by atoms with van der Waals surface area (Å²) in [7, 11) is 0. The van der Waals surface area contributed by atoms with Gasteiger partial charge in [0, 0.05) is 22.1 Å². The van der Waals surface area contributed by atoms with Crippen molar-refractivity contribution in [2.75, 3.05) is 0 Å². The highest BCUT2D eigenvalue weighted by molar-refractivity contribution is 5.96. The summed E-state index contributed by atoms with van der Waals surface area (Å²) in [5.74, 6) is 0.643. The summed E-state index contributed by atoms with van der Waals surface area (Å²) in [5, 5.41) is 1.22. The Hall–Kier alpha value is -3.33. The zero-order valence-corrected chi connectivity index (χ0v) is 25.2. The lowest BCUT2D eigenvalue weighted by molar-refractivity contribution is -0.134. The molecule has 1 aliphatic rings. The van der Waals surface area contributed by atoms with Crippen LogP contribution in [0, 0.1) is 13.8 Å². The van der Waals surface area contributed by atoms with E-state index in [1.165, 1.54) is 38.8 Å². The number of esters is 1. The van der Waals surface area contributed by atoms with E-state index in [1.54, 1.807) is 0 Å². The van der Waals surface area contributed by atoms with Crippen molar-refractivity contribution < 1.29 is 13.9 Å². The van der Waals surface area contributed by atoms with E-state index in [0.717, 1.165) is 36.2 Å². The molecule has 0 aliphatic carbocycles. The fraction of sp³-hybridized carbons (Fsp3) is 0.417. The van der Waals surface area contributed by atoms with Crippen molar-refractivity contribution in [3.63, 3.8) is 0 Å². The standard InChI is InChI=1S/C24H30O.C12H14O2/c1-15-9-10-17(11-16(15)2)20-14-25-22-19(20)12-18(23(3,4)5)13-21(22)24(6,7)8;1-2-3-6-10-9-7-4-5-8-11(9)14-12(10)13/h9-14H,1-8H3;4-5,7-8,10H,2-3,6H2,1H3. The lowest BCUT2D eigenvalue weighted by atomic mass is 9.79. The van der Waals surface area contributed by atoms with Gasteiger partial charge in [0.05, 0.1) is 12.2 Å². The topological polar surface area (TPSA) is 39.4 Å². The number of aryl methyl sites for hydroxylation is 2. The van der Waals surface area contributed by atoms with Crippen molar-refractivity contribution in [1.29, 1.82) is 0 Å². The Kier molecular flexibility index (Phi) is 8.12. The molecule has 3 heteroatoms. The van der Waals surface area contributed by atoms with Crippen LogP contribution in [-0.2, 0) is 15.6 Å². The van der Waals surface area contributed by atoms with Crippen molar-refractivity contribution >= 4 is 16.9 Å². The van der Waals surface area contributed by atoms with Crippen LogP contribution in [0.3, 0.4) is 0 Å². The summed E-state index contributed by atoms with van der Waals surface area (Å²) in [6.45, 7) is 20.0. The Morgan fingerprint density at radius 2 is 1.56 bits per heavy atom. The van der Waals surface area contributed by atoms with Crippen LogP contribution in [0.4, 0.5) is 0 Å². The van der Waals surface area contributed by atoms with Gasteiger partial charge in [0.25, 0.3) is 0 Å². The molecule has 0 spiro atoms. The van der Waals surface area contributed by atoms with E-state index in [1.807, 2.05) is 30.5 Å². The zero-order chi connectivity index (χ0) is 28.5. The fourth-order valence-corrected chi connectivity index (χ4v) is 5.11. The van der Waals surface area contributed by atoms with Gasteiger partial charge in [-0.05, 0) is 65.5 Å². The van der Waals surface area contributed by atoms with E-state index in [-0.39, 0.29) is 22.7 Å². The van der Waals surface area contributed by atoms with Crippen LogP contribution in [0.25, 0.3) is 22.1 Å². The number of ether oxygens (including phenoxy) is 1. The van der Waals surface area contributed by atoms with Crippen LogP contribution >= 0.6 is 0 Å². The summed E-state index contributed by atoms with van der Waals surface area (Å²) in [5.41, 5.74) is 9.92. The number of rotatable bonds is 4. The molecule has 3 nitrogen and oxygen atoms in total. The third kappa shape index (κ3) is 6.13. The Morgan fingerprint density at radius 3 is 2.21 bits per heavy atom. The van der Waals surface area contributed by atoms with Gasteiger partial charge in [-0.25, -0.2) is 0 Å². The van der Waals surface area contributed by atoms with E-state index in [2.05, 4.69) is 92.6 Å². The molecule has 2 heterocycles. The third-order valence-corrected chi connectivity index (χ3v) is 7.80. The smallest absolute Gasteiger partial charge is 0.318 e. The summed E-state index contributed by atoms with van der Waals surface area (Å²) in [6, 6.07) is 19.0. The second-order valence-corrected chi connectivity index (χ2v) is 13.0. The Balaban J connectivity index is 0.000000212. The third-order valence-electron chi connectivity index (χ3n) is 7.80. The first-order valence-electron chi connectivity index (χ1n) is 14.3. The van der Waals surface area contributed by atoms with Gasteiger partial charge in [0.1, 0.15) is 11.3 Å². The Labute approximate surface area is 234 Å². The van der Waals surface area contributed by atoms with Crippen molar-refractivity contribution in [3.8, 4) is 16.9 Å². The lowest BCUT2D eigenvalue weighted by Gasteiger charge is -2.25. The first-order chi connectivity index (χ1) is 18.3. The molecule has 5 rings (SSSR count). The second kappa shape index (κ2) is 11.0. The molecule has 206 valence electrons. The molecule has 0 saturated carbocycles. The molecule has 1 aromatic heterocycles. The van der Waals surface area contributed by atoms with Gasteiger partial charge in [0.2, 0.25) is 0 Å². The number of para-hydroxylation sites is 1. The number of furan rings is 1. The van der Waals surface area contributed by atoms with Crippen molar-refractivity contribution in [3.05, 3.63) is 88.7 Å². The lowest BCUT2D eigenvalue weighted by Crippen LogP contribution is -2.16. The van der Waals surface area contributed by atoms with E-state index in [0.29, 0.717) is 0 Å². The van der Waals surface area contributed by atoms with Crippen LogP contribution in [0.2, 0.25) is 0 Å². The van der Waals surface area contributed by atoms with Crippen molar-refractivity contribution in [1.82, 2.24) is 0 Å². The highest BCUT2D eigenvalue weighted by Crippen LogP contribution is 2.41. The van der Waals surface area contributed by atoms with Gasteiger partial charge < -0.3 is 9.15 Å². The zero-order valence-electron chi connectivity index (χ0n) is 25.2. The molecule has 0 radical (unpaired) electrons. The largest absolute Gasteiger partial charge is 0.463 e. The number of fused-ring (bicyclic) bond motifs is 2. The van der Waals surface area contributed by atoms with Crippen LogP contribution in [0.5, 0.6) is 5.75 Å². The first-order valence-corrected chi connectivity index (χ1v) is 14.3. The first kappa shape index (κ1) is 28.7. The van der Waals surface area contributed by atoms with Gasteiger partial charge >= 0.3 is 5.97 Å². The van der Waals surface area contributed by atoms with Gasteiger partial charge in [-0.3, -0.25) is 4.79 Å². The monoisotopic (exact) mass is 524 g/mol. The molecular weight excluding hydrogens is 480 g/mol. The number of hydrogen-bond acceptors (Lipinski definition) is 3. The minimum absolute atomic E-state index is 0.0221. The predicted molar refractivity (Wildman–Crippen MR) is 163 cm³/mol. The minimum atomic E-state index is -0.0837. The summed E-state index contributed by atoms with van der Waals surface area (Å²) in [6.07, 6.45) is 5.03. The maximum absolute atomic E-state index is 11.5. The van der Waals surface area contributed by atoms with Gasteiger partial charge in [-0.15, -0.1) is 0 Å². The average Bonchev–Trinajstić information content (AvgIpc) is 3.43. The molecule has 1 aliphatic heterocycles. The number of hydrogen-bond donors (Lipinski definition) is 0. The quantitative estimate of drug-likeness (QED) is 0.197. The minimum Gasteiger partial charge on any atom is -0.463 e. The Bertz CT molecular complexity index is 1470. The second-order valence-electron chi connectivity index (χ2n) is 13.0. The fourth-order valence-electron chi connectivity index (χ4n) is 5.11. The van der Waals surface area contributed by atoms with Crippen molar-refractivity contribution in [2.45, 2.75) is 98.3 Å². The summed E-state index contributed by atoms with van der Waals surface area (Å²) in [4.78, 5) is 11.5. The molecule has 1 atom stereocenters. The van der Waals surface area contributed by atoms with Gasteiger partial charge in [-0.2, -0.15) is 0 Å². The number of unbranched alkanes of at least 4 members (excludes halogenated alkanes) is 1. The number of carbonyl (C=O) groups is 1. The predicted octanol–water partition coefficient (Wildman–Crippen LogP) is 10.2. The summed E-state index contributed by atoms with van der Waals surface area (Å²) < 4.78 is 11.3. The molecule has 0 N–H and O–H groups in total. The van der Waals surface area contributed by atoms with Crippen LogP contribution in [0.15, 0.2) is 65.3 Å². The van der Waals surface area contributed by atoms with E-state index >= 15 is 0 Å². The molecule has 4 aromatic rings. The van der Waals surface area contributed by atoms with E-state index in [9.17, 15) is 4.79 Å². The van der Waals surface area contributed by atoms with Crippen molar-refractivity contribution in [2.24, 2.45) is 0 Å². The molecule has 0 saturated heterocycles. The molecular formula is C36H44O3. The number of benzene rings is 3. The van der Waals surface area contributed by atoms with Crippen LogP contribution in [-0.4, -0.2) is 5.97 Å².